The van der Waals surface area contributed by atoms with Crippen LogP contribution in [0.5, 0.6) is 0 Å². The van der Waals surface area contributed by atoms with E-state index in [4.69, 9.17) is 19.9 Å². The van der Waals surface area contributed by atoms with E-state index in [1.807, 2.05) is 46.1 Å². The lowest BCUT2D eigenvalue weighted by Gasteiger charge is -2.34. The van der Waals surface area contributed by atoms with Gasteiger partial charge in [-0.15, -0.1) is 11.3 Å². The molecule has 38 heavy (non-hydrogen) atoms. The van der Waals surface area contributed by atoms with Crippen LogP contribution in [0, 0.1) is 30.1 Å². The van der Waals surface area contributed by atoms with Crippen molar-refractivity contribution >= 4 is 29.3 Å². The van der Waals surface area contributed by atoms with Gasteiger partial charge in [-0.05, 0) is 64.0 Å². The fraction of sp³-hybridized carbons (Fsp3) is 0.750. The molecule has 0 spiro atoms. The van der Waals surface area contributed by atoms with Crippen LogP contribution >= 0.6 is 11.3 Å². The monoisotopic (exact) mass is 548 g/mol. The number of aliphatic hydroxyl groups excluding tert-OH is 1. The number of Topliss-reactive ketones (excluding diaryl/α,β-unsaturated/α-hetero) is 1. The van der Waals surface area contributed by atoms with E-state index < -0.39 is 11.5 Å². The van der Waals surface area contributed by atoms with Gasteiger partial charge in [-0.2, -0.15) is 9.59 Å². The molecule has 2 rings (SSSR count). The number of ether oxygens (including phenoxy) is 1. The molecule has 0 aromatic carbocycles. The van der Waals surface area contributed by atoms with E-state index in [1.165, 1.54) is 0 Å². The second kappa shape index (κ2) is 14.7. The number of carbonyl (C=O) groups is 1. The molecule has 0 amide bonds. The molecule has 10 heteroatoms. The minimum atomic E-state index is -0.733. The Labute approximate surface area is 230 Å². The van der Waals surface area contributed by atoms with Crippen LogP contribution < -0.4 is 0 Å². The molecule has 1 aliphatic heterocycles. The Morgan fingerprint density at radius 3 is 2.47 bits per heavy atom. The first-order valence-electron chi connectivity index (χ1n) is 13.2. The zero-order valence-corrected chi connectivity index (χ0v) is 25.0. The summed E-state index contributed by atoms with van der Waals surface area (Å²) in [6.45, 7) is 17.8. The zero-order chi connectivity index (χ0) is 29.3. The standard InChI is InChI=1S/C27H44N4O3S.CO2/c1-16(18(3)19(4)25(33)26(7,8)20(5)32)11-10-12-27(9)24(34-27)14-23(30-31-28)17(2)13-22-15-35-21(6)29-22;2-1-3/h13,15-16,18-20,23-24,32H,10-12,14H2,1-9H3;/b17-13+;/t16-,18-,19+,20-,23-,24-,27+;/m0./s1. The summed E-state index contributed by atoms with van der Waals surface area (Å²) in [7, 11) is 0. The Bertz CT molecular complexity index is 1040. The number of aliphatic hydroxyl groups is 1. The van der Waals surface area contributed by atoms with Crippen LogP contribution in [0.4, 0.5) is 0 Å². The molecule has 1 fully saturated rings. The lowest BCUT2D eigenvalue weighted by atomic mass is 9.71. The van der Waals surface area contributed by atoms with Crippen molar-refractivity contribution in [3.05, 3.63) is 32.1 Å². The van der Waals surface area contributed by atoms with E-state index in [0.717, 1.165) is 35.5 Å². The summed E-state index contributed by atoms with van der Waals surface area (Å²) in [4.78, 5) is 36.7. The van der Waals surface area contributed by atoms with E-state index in [9.17, 15) is 9.90 Å². The molecular formula is C28H44N4O5S. The Morgan fingerprint density at radius 2 is 1.97 bits per heavy atom. The third-order valence-corrected chi connectivity index (χ3v) is 9.11. The molecule has 1 aromatic heterocycles. The van der Waals surface area contributed by atoms with Gasteiger partial charge in [0.05, 0.1) is 34.6 Å². The number of hydrogen-bond donors (Lipinski definition) is 1. The van der Waals surface area contributed by atoms with Crippen molar-refractivity contribution in [3.63, 3.8) is 0 Å². The normalized spacial score (nSPS) is 23.0. The Balaban J connectivity index is 0.00000229. The van der Waals surface area contributed by atoms with Gasteiger partial charge in [0.15, 0.2) is 0 Å². The van der Waals surface area contributed by atoms with Crippen molar-refractivity contribution in [2.24, 2.45) is 28.3 Å². The molecule has 0 saturated carbocycles. The van der Waals surface area contributed by atoms with Crippen molar-refractivity contribution in [2.45, 2.75) is 112 Å². The number of hydrogen-bond acceptors (Lipinski definition) is 8. The molecule has 212 valence electrons. The van der Waals surface area contributed by atoms with Gasteiger partial charge in [0.2, 0.25) is 0 Å². The molecule has 1 aliphatic rings. The zero-order valence-electron chi connectivity index (χ0n) is 24.2. The summed E-state index contributed by atoms with van der Waals surface area (Å²) in [5, 5.41) is 17.1. The molecular weight excluding hydrogens is 504 g/mol. The Kier molecular flexibility index (Phi) is 13.0. The second-order valence-corrected chi connectivity index (χ2v) is 12.5. The van der Waals surface area contributed by atoms with Gasteiger partial charge in [0, 0.05) is 21.6 Å². The number of ketones is 1. The fourth-order valence-corrected chi connectivity index (χ4v) is 5.31. The SMILES string of the molecule is C/C(=C\c1csc(C)n1)[C@H](C[C@@H]1O[C@]1(C)CCC[C@H](C)[C@H](C)[C@@H](C)C(=O)C(C)(C)[C@H](C)O)N=[N+]=[N-].O=C=O. The molecule has 0 aliphatic carbocycles. The van der Waals surface area contributed by atoms with Crippen molar-refractivity contribution in [3.8, 4) is 0 Å². The van der Waals surface area contributed by atoms with E-state index >= 15 is 0 Å². The molecule has 0 radical (unpaired) electrons. The first kappa shape index (κ1) is 33.7. The van der Waals surface area contributed by atoms with Crippen LogP contribution in [-0.2, 0) is 19.1 Å². The van der Waals surface area contributed by atoms with Crippen LogP contribution in [-0.4, -0.2) is 45.9 Å². The summed E-state index contributed by atoms with van der Waals surface area (Å²) in [5.41, 5.74) is 10.0. The quantitative estimate of drug-likeness (QED) is 0.121. The number of aromatic nitrogens is 1. The maximum Gasteiger partial charge on any atom is 0.373 e. The average Bonchev–Trinajstić information content (AvgIpc) is 3.29. The molecule has 0 bridgehead atoms. The molecule has 2 heterocycles. The number of epoxide rings is 1. The van der Waals surface area contributed by atoms with Gasteiger partial charge in [0.1, 0.15) is 5.78 Å². The summed E-state index contributed by atoms with van der Waals surface area (Å²) in [5.74, 6) is 0.656. The van der Waals surface area contributed by atoms with Crippen molar-refractivity contribution in [2.75, 3.05) is 0 Å². The van der Waals surface area contributed by atoms with Crippen molar-refractivity contribution < 1.29 is 24.2 Å². The first-order valence-corrected chi connectivity index (χ1v) is 14.1. The molecule has 0 unspecified atom stereocenters. The number of carbonyl (C=O) groups excluding carboxylic acids is 3. The largest absolute Gasteiger partial charge is 0.392 e. The Morgan fingerprint density at radius 1 is 1.37 bits per heavy atom. The summed E-state index contributed by atoms with van der Waals surface area (Å²) in [6, 6.07) is -0.253. The van der Waals surface area contributed by atoms with Gasteiger partial charge >= 0.3 is 6.15 Å². The van der Waals surface area contributed by atoms with Crippen LogP contribution in [0.2, 0.25) is 0 Å². The minimum Gasteiger partial charge on any atom is -0.392 e. The number of azide groups is 1. The number of rotatable bonds is 14. The smallest absolute Gasteiger partial charge is 0.373 e. The van der Waals surface area contributed by atoms with E-state index in [2.05, 4.69) is 35.8 Å². The highest BCUT2D eigenvalue weighted by molar-refractivity contribution is 7.09. The van der Waals surface area contributed by atoms with Gasteiger partial charge in [0.25, 0.3) is 0 Å². The molecule has 7 atom stereocenters. The number of aryl methyl sites for hydroxylation is 1. The van der Waals surface area contributed by atoms with Crippen LogP contribution in [0.3, 0.4) is 0 Å². The lowest BCUT2D eigenvalue weighted by Crippen LogP contribution is -2.41. The summed E-state index contributed by atoms with van der Waals surface area (Å²) >= 11 is 1.60. The van der Waals surface area contributed by atoms with Gasteiger partial charge < -0.3 is 9.84 Å². The second-order valence-electron chi connectivity index (χ2n) is 11.4. The molecule has 9 nitrogen and oxygen atoms in total. The minimum absolute atomic E-state index is 0.0681. The predicted molar refractivity (Wildman–Crippen MR) is 148 cm³/mol. The third kappa shape index (κ3) is 9.44. The summed E-state index contributed by atoms with van der Waals surface area (Å²) < 4.78 is 6.08. The summed E-state index contributed by atoms with van der Waals surface area (Å²) in [6.07, 6.45) is 5.28. The van der Waals surface area contributed by atoms with Gasteiger partial charge in [-0.3, -0.25) is 4.79 Å². The van der Waals surface area contributed by atoms with Crippen LogP contribution in [0.25, 0.3) is 16.5 Å². The third-order valence-electron chi connectivity index (χ3n) is 8.31. The highest BCUT2D eigenvalue weighted by atomic mass is 32.1. The highest BCUT2D eigenvalue weighted by Gasteiger charge is 2.52. The van der Waals surface area contributed by atoms with Gasteiger partial charge in [-0.25, -0.2) is 4.98 Å². The van der Waals surface area contributed by atoms with E-state index in [1.54, 1.807) is 18.3 Å². The van der Waals surface area contributed by atoms with Gasteiger partial charge in [-0.1, -0.05) is 58.1 Å². The topological polar surface area (TPSA) is 146 Å². The average molecular weight is 549 g/mol. The van der Waals surface area contributed by atoms with Crippen LogP contribution in [0.15, 0.2) is 16.1 Å². The first-order chi connectivity index (χ1) is 17.6. The molecule has 1 N–H and O–H groups in total. The maximum absolute atomic E-state index is 12.9. The van der Waals surface area contributed by atoms with Crippen molar-refractivity contribution in [1.29, 1.82) is 0 Å². The van der Waals surface area contributed by atoms with Crippen molar-refractivity contribution in [1.82, 2.24) is 4.98 Å². The lowest BCUT2D eigenvalue weighted by molar-refractivity contribution is -0.191. The predicted octanol–water partition coefficient (Wildman–Crippen LogP) is 6.55. The number of thiazole rings is 1. The van der Waals surface area contributed by atoms with E-state index in [-0.39, 0.29) is 41.5 Å². The van der Waals surface area contributed by atoms with E-state index in [0.29, 0.717) is 12.3 Å². The fourth-order valence-electron chi connectivity index (χ4n) is 4.74. The maximum atomic E-state index is 12.9. The Hall–Kier alpha value is -2.35. The number of nitrogens with zero attached hydrogens (tertiary/aromatic N) is 4. The molecule has 1 saturated heterocycles. The highest BCUT2D eigenvalue weighted by Crippen LogP contribution is 2.45. The van der Waals surface area contributed by atoms with Crippen LogP contribution in [0.1, 0.15) is 91.8 Å². The molecule has 1 aromatic rings.